The van der Waals surface area contributed by atoms with Crippen molar-refractivity contribution in [3.8, 4) is 11.4 Å². The number of pyridine rings is 1. The van der Waals surface area contributed by atoms with Gasteiger partial charge in [0.2, 0.25) is 17.6 Å². The molecule has 1 aliphatic rings. The Morgan fingerprint density at radius 1 is 1.22 bits per heavy atom. The molecule has 1 aromatic carbocycles. The Labute approximate surface area is 158 Å². The van der Waals surface area contributed by atoms with Gasteiger partial charge in [-0.25, -0.2) is 0 Å². The lowest BCUT2D eigenvalue weighted by atomic mass is 9.92. The number of rotatable bonds is 6. The van der Waals surface area contributed by atoms with Gasteiger partial charge in [0.25, 0.3) is 0 Å². The van der Waals surface area contributed by atoms with Crippen LogP contribution in [0, 0.1) is 6.92 Å². The number of hydrogen-bond acceptors (Lipinski definition) is 5. The molecule has 2 aromatic heterocycles. The molecule has 3 aromatic rings. The van der Waals surface area contributed by atoms with Crippen molar-refractivity contribution in [2.75, 3.05) is 13.1 Å². The van der Waals surface area contributed by atoms with Gasteiger partial charge in [-0.2, -0.15) is 4.98 Å². The Balaban J connectivity index is 1.23. The number of carbonyl (C=O) groups excluding carboxylic acids is 1. The number of carbonyl (C=O) groups is 1. The van der Waals surface area contributed by atoms with E-state index in [0.717, 1.165) is 24.2 Å². The first kappa shape index (κ1) is 17.4. The Bertz CT molecular complexity index is 917. The van der Waals surface area contributed by atoms with E-state index in [0.29, 0.717) is 36.9 Å². The highest BCUT2D eigenvalue weighted by Gasteiger charge is 2.31. The largest absolute Gasteiger partial charge is 0.341 e. The van der Waals surface area contributed by atoms with Crippen LogP contribution in [0.4, 0.5) is 0 Å². The molecule has 0 bridgehead atoms. The highest BCUT2D eigenvalue weighted by Crippen LogP contribution is 2.27. The Kier molecular flexibility index (Phi) is 4.96. The van der Waals surface area contributed by atoms with E-state index in [9.17, 15) is 4.79 Å². The zero-order valence-corrected chi connectivity index (χ0v) is 15.3. The molecular formula is C21H22N4O2. The molecule has 0 aliphatic carbocycles. The van der Waals surface area contributed by atoms with Crippen molar-refractivity contribution >= 4 is 5.91 Å². The maximum Gasteiger partial charge on any atom is 0.226 e. The zero-order valence-electron chi connectivity index (χ0n) is 15.3. The third-order valence-electron chi connectivity index (χ3n) is 4.94. The quantitative estimate of drug-likeness (QED) is 0.672. The fourth-order valence-corrected chi connectivity index (χ4v) is 3.34. The molecule has 1 aliphatic heterocycles. The molecule has 3 heterocycles. The van der Waals surface area contributed by atoms with Crippen LogP contribution < -0.4 is 0 Å². The van der Waals surface area contributed by atoms with Crippen LogP contribution in [0.2, 0.25) is 0 Å². The van der Waals surface area contributed by atoms with Crippen LogP contribution in [0.1, 0.15) is 35.8 Å². The van der Waals surface area contributed by atoms with Crippen molar-refractivity contribution in [1.82, 2.24) is 20.0 Å². The number of benzene rings is 1. The summed E-state index contributed by atoms with van der Waals surface area (Å²) in [5.41, 5.74) is 3.36. The van der Waals surface area contributed by atoms with Crippen molar-refractivity contribution in [3.63, 3.8) is 0 Å². The normalized spacial score (nSPS) is 14.2. The highest BCUT2D eigenvalue weighted by atomic mass is 16.5. The van der Waals surface area contributed by atoms with Crippen molar-refractivity contribution in [3.05, 3.63) is 65.8 Å². The second-order valence-corrected chi connectivity index (χ2v) is 7.01. The molecule has 6 heteroatoms. The molecule has 138 valence electrons. The Morgan fingerprint density at radius 3 is 2.81 bits per heavy atom. The summed E-state index contributed by atoms with van der Waals surface area (Å²) in [5.74, 6) is 1.81. The first-order valence-corrected chi connectivity index (χ1v) is 9.26. The molecule has 27 heavy (non-hydrogen) atoms. The van der Waals surface area contributed by atoms with Crippen LogP contribution >= 0.6 is 0 Å². The molecule has 0 atom stereocenters. The molecule has 6 nitrogen and oxygen atoms in total. The highest BCUT2D eigenvalue weighted by molar-refractivity contribution is 5.77. The standard InChI is InChI=1S/C21H22N4O2/c1-15-4-2-5-17(12-15)21-23-19(27-24-21)6-3-7-20(26)25-13-18(14-25)16-8-10-22-11-9-16/h2,4-5,8-12,18H,3,6-7,13-14H2,1H3. The second kappa shape index (κ2) is 7.70. The van der Waals surface area contributed by atoms with Crippen LogP contribution in [0.3, 0.4) is 0 Å². The zero-order chi connectivity index (χ0) is 18.6. The maximum absolute atomic E-state index is 12.3. The van der Waals surface area contributed by atoms with Crippen LogP contribution in [0.25, 0.3) is 11.4 Å². The molecule has 0 saturated carbocycles. The van der Waals surface area contributed by atoms with Gasteiger partial charge in [0.1, 0.15) is 0 Å². The topological polar surface area (TPSA) is 72.1 Å². The molecule has 0 unspecified atom stereocenters. The lowest BCUT2D eigenvalue weighted by Gasteiger charge is -2.39. The summed E-state index contributed by atoms with van der Waals surface area (Å²) in [6, 6.07) is 12.0. The van der Waals surface area contributed by atoms with E-state index < -0.39 is 0 Å². The average molecular weight is 362 g/mol. The van der Waals surface area contributed by atoms with Gasteiger partial charge in [0.05, 0.1) is 0 Å². The van der Waals surface area contributed by atoms with E-state index >= 15 is 0 Å². The van der Waals surface area contributed by atoms with Crippen molar-refractivity contribution in [1.29, 1.82) is 0 Å². The van der Waals surface area contributed by atoms with E-state index in [1.807, 2.05) is 48.2 Å². The van der Waals surface area contributed by atoms with Gasteiger partial charge in [0.15, 0.2) is 0 Å². The van der Waals surface area contributed by atoms with E-state index in [2.05, 4.69) is 15.1 Å². The third-order valence-corrected chi connectivity index (χ3v) is 4.94. The van der Waals surface area contributed by atoms with Crippen molar-refractivity contribution in [2.24, 2.45) is 0 Å². The summed E-state index contributed by atoms with van der Waals surface area (Å²) in [5, 5.41) is 4.04. The second-order valence-electron chi connectivity index (χ2n) is 7.01. The molecule has 1 fully saturated rings. The number of amides is 1. The number of likely N-dealkylation sites (tertiary alicyclic amines) is 1. The minimum absolute atomic E-state index is 0.193. The third kappa shape index (κ3) is 4.05. The summed E-state index contributed by atoms with van der Waals surface area (Å²) in [6.45, 7) is 3.62. The van der Waals surface area contributed by atoms with E-state index in [-0.39, 0.29) is 5.91 Å². The fraction of sp³-hybridized carbons (Fsp3) is 0.333. The predicted molar refractivity (Wildman–Crippen MR) is 101 cm³/mol. The number of nitrogens with zero attached hydrogens (tertiary/aromatic N) is 4. The average Bonchev–Trinajstić information content (AvgIpc) is 3.10. The van der Waals surface area contributed by atoms with Gasteiger partial charge in [-0.1, -0.05) is 28.9 Å². The molecule has 0 N–H and O–H groups in total. The van der Waals surface area contributed by atoms with Crippen molar-refractivity contribution in [2.45, 2.75) is 32.1 Å². The lowest BCUT2D eigenvalue weighted by molar-refractivity contribution is -0.135. The summed E-state index contributed by atoms with van der Waals surface area (Å²) >= 11 is 0. The molecule has 0 spiro atoms. The number of aromatic nitrogens is 3. The summed E-state index contributed by atoms with van der Waals surface area (Å²) in [7, 11) is 0. The van der Waals surface area contributed by atoms with Crippen LogP contribution in [0.15, 0.2) is 53.3 Å². The van der Waals surface area contributed by atoms with Crippen LogP contribution in [-0.2, 0) is 11.2 Å². The summed E-state index contributed by atoms with van der Waals surface area (Å²) in [6.07, 6.45) is 5.44. The molecule has 4 rings (SSSR count). The number of hydrogen-bond donors (Lipinski definition) is 0. The maximum atomic E-state index is 12.3. The van der Waals surface area contributed by atoms with Crippen molar-refractivity contribution < 1.29 is 9.32 Å². The monoisotopic (exact) mass is 362 g/mol. The van der Waals surface area contributed by atoms with Gasteiger partial charge in [0, 0.05) is 49.8 Å². The van der Waals surface area contributed by atoms with Crippen LogP contribution in [0.5, 0.6) is 0 Å². The fourth-order valence-electron chi connectivity index (χ4n) is 3.34. The van der Waals surface area contributed by atoms with Gasteiger partial charge >= 0.3 is 0 Å². The smallest absolute Gasteiger partial charge is 0.226 e. The lowest BCUT2D eigenvalue weighted by Crippen LogP contribution is -2.48. The SMILES string of the molecule is Cc1cccc(-c2noc(CCCC(=O)N3CC(c4ccncc4)C3)n2)c1. The molecule has 1 amide bonds. The van der Waals surface area contributed by atoms with Gasteiger partial charge in [-0.15, -0.1) is 0 Å². The molecule has 1 saturated heterocycles. The van der Waals surface area contributed by atoms with Gasteiger partial charge in [-0.05, 0) is 37.1 Å². The Hall–Kier alpha value is -3.02. The molecular weight excluding hydrogens is 340 g/mol. The minimum Gasteiger partial charge on any atom is -0.341 e. The summed E-state index contributed by atoms with van der Waals surface area (Å²) < 4.78 is 5.32. The van der Waals surface area contributed by atoms with Gasteiger partial charge < -0.3 is 9.42 Å². The first-order valence-electron chi connectivity index (χ1n) is 9.26. The van der Waals surface area contributed by atoms with E-state index in [1.54, 1.807) is 12.4 Å². The van der Waals surface area contributed by atoms with Gasteiger partial charge in [-0.3, -0.25) is 9.78 Å². The van der Waals surface area contributed by atoms with E-state index in [4.69, 9.17) is 4.52 Å². The number of aryl methyl sites for hydroxylation is 2. The predicted octanol–water partition coefficient (Wildman–Crippen LogP) is 3.39. The Morgan fingerprint density at radius 2 is 2.04 bits per heavy atom. The van der Waals surface area contributed by atoms with E-state index in [1.165, 1.54) is 5.56 Å². The minimum atomic E-state index is 0.193. The first-order chi connectivity index (χ1) is 13.2. The summed E-state index contributed by atoms with van der Waals surface area (Å²) in [4.78, 5) is 22.7. The molecule has 0 radical (unpaired) electrons. The van der Waals surface area contributed by atoms with Crippen LogP contribution in [-0.4, -0.2) is 39.0 Å².